The Morgan fingerprint density at radius 2 is 2.04 bits per heavy atom. The number of rotatable bonds is 3. The fourth-order valence-corrected chi connectivity index (χ4v) is 3.63. The molecular formula is C19H30ClNO2. The number of morpholine rings is 1. The molecule has 2 rings (SSSR count). The topological polar surface area (TPSA) is 30.5 Å². The molecular weight excluding hydrogens is 310 g/mol. The van der Waals surface area contributed by atoms with E-state index in [4.69, 9.17) is 25.2 Å². The fourth-order valence-electron chi connectivity index (χ4n) is 3.36. The molecule has 0 aliphatic carbocycles. The van der Waals surface area contributed by atoms with Crippen LogP contribution in [0, 0.1) is 13.8 Å². The third-order valence-corrected chi connectivity index (χ3v) is 5.83. The Labute approximate surface area is 149 Å². The molecule has 1 aliphatic rings. The van der Waals surface area contributed by atoms with Gasteiger partial charge in [-0.1, -0.05) is 24.6 Å². The highest BCUT2D eigenvalue weighted by atomic mass is 35.5. The Bertz CT molecular complexity index is 673. The van der Waals surface area contributed by atoms with Gasteiger partial charge in [-0.3, -0.25) is 5.32 Å². The van der Waals surface area contributed by atoms with Crippen LogP contribution in [0.15, 0.2) is 12.1 Å². The van der Waals surface area contributed by atoms with Gasteiger partial charge < -0.3 is 9.47 Å². The molecule has 1 aromatic carbocycles. The van der Waals surface area contributed by atoms with Gasteiger partial charge in [0, 0.05) is 27.3 Å². The number of hydrogen-bond acceptors (Lipinski definition) is 3. The number of benzene rings is 1. The third kappa shape index (κ3) is 2.82. The zero-order valence-electron chi connectivity index (χ0n) is 18.1. The van der Waals surface area contributed by atoms with Crippen molar-refractivity contribution in [1.29, 1.82) is 0 Å². The maximum atomic E-state index is 8.28. The number of ether oxygens (including phenoxy) is 2. The standard InChI is InChI=1S/C19H30ClNO2/c1-9-18(7)14(4)23-19(22-8,17(5,6)21-18)15-10-12(2)13(3)16(20)11-15/h10-11,14,21H,9H2,1-8H3/t14?,18?,19-/m0/s1/i5D3/t14?,17-,18?,19+/m1. The predicted molar refractivity (Wildman–Crippen MR) is 96.1 cm³/mol. The van der Waals surface area contributed by atoms with E-state index in [0.717, 1.165) is 11.1 Å². The number of halogens is 1. The van der Waals surface area contributed by atoms with Crippen LogP contribution in [0.1, 0.15) is 61.8 Å². The molecule has 1 aromatic rings. The summed E-state index contributed by atoms with van der Waals surface area (Å²) in [5.74, 6) is -1.51. The zero-order valence-corrected chi connectivity index (χ0v) is 15.9. The molecule has 0 saturated carbocycles. The van der Waals surface area contributed by atoms with Crippen molar-refractivity contribution < 1.29 is 13.6 Å². The lowest BCUT2D eigenvalue weighted by Crippen LogP contribution is -2.74. The van der Waals surface area contributed by atoms with E-state index in [-0.39, 0.29) is 6.10 Å². The highest BCUT2D eigenvalue weighted by Gasteiger charge is 2.57. The smallest absolute Gasteiger partial charge is 0.213 e. The summed E-state index contributed by atoms with van der Waals surface area (Å²) in [4.78, 5) is 0. The van der Waals surface area contributed by atoms with Crippen LogP contribution in [0.2, 0.25) is 5.02 Å². The van der Waals surface area contributed by atoms with Gasteiger partial charge in [0.25, 0.3) is 0 Å². The Balaban J connectivity index is 2.78. The fraction of sp³-hybridized carbons (Fsp3) is 0.684. The van der Waals surface area contributed by atoms with E-state index in [0.29, 0.717) is 17.0 Å². The van der Waals surface area contributed by atoms with Crippen molar-refractivity contribution in [2.24, 2.45) is 0 Å². The first-order valence-electron chi connectivity index (χ1n) is 9.57. The Morgan fingerprint density at radius 1 is 1.39 bits per heavy atom. The molecule has 3 nitrogen and oxygen atoms in total. The minimum Gasteiger partial charge on any atom is -0.348 e. The average molecular weight is 343 g/mol. The molecule has 1 heterocycles. The molecule has 0 radical (unpaired) electrons. The van der Waals surface area contributed by atoms with Gasteiger partial charge in [-0.25, -0.2) is 0 Å². The summed E-state index contributed by atoms with van der Waals surface area (Å²) in [5, 5.41) is 3.94. The normalized spacial score (nSPS) is 40.3. The minimum atomic E-state index is -2.38. The van der Waals surface area contributed by atoms with Crippen LogP contribution in [0.5, 0.6) is 0 Å². The van der Waals surface area contributed by atoms with E-state index in [2.05, 4.69) is 5.32 Å². The molecule has 130 valence electrons. The molecule has 0 amide bonds. The molecule has 0 spiro atoms. The van der Waals surface area contributed by atoms with Crippen molar-refractivity contribution in [3.8, 4) is 0 Å². The van der Waals surface area contributed by atoms with E-state index < -0.39 is 23.7 Å². The minimum absolute atomic E-state index is 0.275. The van der Waals surface area contributed by atoms with Crippen LogP contribution in [0.25, 0.3) is 0 Å². The Morgan fingerprint density at radius 3 is 2.52 bits per heavy atom. The van der Waals surface area contributed by atoms with Crippen molar-refractivity contribution in [3.63, 3.8) is 0 Å². The number of aryl methyl sites for hydroxylation is 1. The van der Waals surface area contributed by atoms with Gasteiger partial charge in [-0.05, 0) is 65.1 Å². The third-order valence-electron chi connectivity index (χ3n) is 5.44. The first-order valence-corrected chi connectivity index (χ1v) is 8.45. The van der Waals surface area contributed by atoms with E-state index in [1.807, 2.05) is 40.7 Å². The van der Waals surface area contributed by atoms with Crippen LogP contribution >= 0.6 is 11.6 Å². The molecule has 2 unspecified atom stereocenters. The second-order valence-corrected chi connectivity index (χ2v) is 7.41. The zero-order chi connectivity index (χ0) is 20.1. The van der Waals surface area contributed by atoms with Crippen LogP contribution in [-0.4, -0.2) is 24.3 Å². The molecule has 1 saturated heterocycles. The second kappa shape index (κ2) is 6.03. The van der Waals surface area contributed by atoms with Gasteiger partial charge in [0.05, 0.1) is 11.6 Å². The first kappa shape index (κ1) is 14.7. The largest absolute Gasteiger partial charge is 0.348 e. The quantitative estimate of drug-likeness (QED) is 0.862. The summed E-state index contributed by atoms with van der Waals surface area (Å²) in [6.45, 7) is 9.06. The highest BCUT2D eigenvalue weighted by molar-refractivity contribution is 6.31. The summed E-state index contributed by atoms with van der Waals surface area (Å²) in [7, 11) is 1.48. The number of methoxy groups -OCH3 is 1. The van der Waals surface area contributed by atoms with E-state index >= 15 is 0 Å². The lowest BCUT2D eigenvalue weighted by molar-refractivity contribution is -0.329. The number of nitrogens with one attached hydrogen (secondary N) is 1. The molecule has 1 N–H and O–H groups in total. The number of hydrogen-bond donors (Lipinski definition) is 1. The molecule has 1 aliphatic heterocycles. The molecule has 1 fully saturated rings. The van der Waals surface area contributed by atoms with Crippen LogP contribution in [0.4, 0.5) is 0 Å². The van der Waals surface area contributed by atoms with Gasteiger partial charge in [-0.15, -0.1) is 0 Å². The van der Waals surface area contributed by atoms with Gasteiger partial charge in [0.15, 0.2) is 0 Å². The predicted octanol–water partition coefficient (Wildman–Crippen LogP) is 4.71. The van der Waals surface area contributed by atoms with Crippen molar-refractivity contribution in [1.82, 2.24) is 5.32 Å². The van der Waals surface area contributed by atoms with Crippen LogP contribution < -0.4 is 5.32 Å². The second-order valence-electron chi connectivity index (χ2n) is 7.00. The summed E-state index contributed by atoms with van der Waals surface area (Å²) in [5.41, 5.74) is 0.528. The van der Waals surface area contributed by atoms with Crippen molar-refractivity contribution in [2.75, 3.05) is 7.11 Å². The Hall–Kier alpha value is -0.610. The summed E-state index contributed by atoms with van der Waals surface area (Å²) >= 11 is 6.41. The van der Waals surface area contributed by atoms with Gasteiger partial charge in [0.1, 0.15) is 0 Å². The van der Waals surface area contributed by atoms with E-state index in [1.54, 1.807) is 13.0 Å². The SMILES string of the molecule is [2H]C([2H])([2H])[C@]1(C)NC(C)(CC)C(C)O[C@@]1(OC)c1cc(C)c(C)c(Cl)c1. The molecule has 0 aromatic heterocycles. The molecule has 0 bridgehead atoms. The lowest BCUT2D eigenvalue weighted by atomic mass is 9.78. The summed E-state index contributed by atoms with van der Waals surface area (Å²) < 4.78 is 37.1. The lowest BCUT2D eigenvalue weighted by Gasteiger charge is -2.58. The van der Waals surface area contributed by atoms with Gasteiger partial charge >= 0.3 is 0 Å². The highest BCUT2D eigenvalue weighted by Crippen LogP contribution is 2.46. The van der Waals surface area contributed by atoms with E-state index in [9.17, 15) is 0 Å². The van der Waals surface area contributed by atoms with Gasteiger partial charge in [0.2, 0.25) is 5.79 Å². The molecule has 23 heavy (non-hydrogen) atoms. The van der Waals surface area contributed by atoms with Gasteiger partial charge in [-0.2, -0.15) is 0 Å². The monoisotopic (exact) mass is 342 g/mol. The first-order chi connectivity index (χ1) is 11.8. The van der Waals surface area contributed by atoms with Crippen LogP contribution in [0.3, 0.4) is 0 Å². The maximum absolute atomic E-state index is 8.28. The summed E-state index contributed by atoms with van der Waals surface area (Å²) in [6.07, 6.45) is 0.441. The average Bonchev–Trinajstić information content (AvgIpc) is 2.54. The van der Waals surface area contributed by atoms with E-state index in [1.165, 1.54) is 7.11 Å². The Kier molecular flexibility index (Phi) is 3.86. The molecule has 4 heteroatoms. The van der Waals surface area contributed by atoms with Crippen LogP contribution in [-0.2, 0) is 15.3 Å². The van der Waals surface area contributed by atoms with Crippen molar-refractivity contribution >= 4 is 11.6 Å². The summed E-state index contributed by atoms with van der Waals surface area (Å²) in [6, 6.07) is 3.65. The van der Waals surface area contributed by atoms with Crippen molar-refractivity contribution in [3.05, 3.63) is 33.8 Å². The molecule has 4 atom stereocenters. The van der Waals surface area contributed by atoms with Crippen molar-refractivity contribution in [2.45, 2.75) is 77.8 Å². The maximum Gasteiger partial charge on any atom is 0.213 e.